The zero-order chi connectivity index (χ0) is 18.9. The fraction of sp³-hybridized carbons (Fsp3) is 0.316. The minimum atomic E-state index is -4.39. The lowest BCUT2D eigenvalue weighted by Gasteiger charge is -2.32. The van der Waals surface area contributed by atoms with Gasteiger partial charge in [-0.2, -0.15) is 13.2 Å². The van der Waals surface area contributed by atoms with Gasteiger partial charge in [-0.05, 0) is 54.8 Å². The van der Waals surface area contributed by atoms with Crippen LogP contribution in [0.25, 0.3) is 0 Å². The summed E-state index contributed by atoms with van der Waals surface area (Å²) in [6.45, 7) is 1.98. The third kappa shape index (κ3) is 3.80. The summed E-state index contributed by atoms with van der Waals surface area (Å²) >= 11 is 6.09. The fourth-order valence-electron chi connectivity index (χ4n) is 3.18. The van der Waals surface area contributed by atoms with Crippen LogP contribution >= 0.6 is 11.6 Å². The number of esters is 1. The Balaban J connectivity index is 1.98. The SMILES string of the molecule is CCOC(=O)C1CC(c2ccc(C(F)(F)F)cc2)c2cc(Cl)ccc2N1. The smallest absolute Gasteiger partial charge is 0.416 e. The lowest BCUT2D eigenvalue weighted by atomic mass is 9.82. The average molecular weight is 384 g/mol. The molecule has 1 heterocycles. The third-order valence-corrected chi connectivity index (χ3v) is 4.64. The molecule has 2 aromatic carbocycles. The molecule has 0 saturated heterocycles. The van der Waals surface area contributed by atoms with E-state index in [4.69, 9.17) is 16.3 Å². The molecule has 3 rings (SSSR count). The van der Waals surface area contributed by atoms with Gasteiger partial charge in [-0.15, -0.1) is 0 Å². The van der Waals surface area contributed by atoms with Gasteiger partial charge in [-0.1, -0.05) is 23.7 Å². The van der Waals surface area contributed by atoms with Crippen LogP contribution in [0, 0.1) is 0 Å². The summed E-state index contributed by atoms with van der Waals surface area (Å²) in [5, 5.41) is 3.66. The maximum atomic E-state index is 12.8. The number of anilines is 1. The van der Waals surface area contributed by atoms with E-state index in [9.17, 15) is 18.0 Å². The van der Waals surface area contributed by atoms with Gasteiger partial charge in [-0.3, -0.25) is 0 Å². The second-order valence-electron chi connectivity index (χ2n) is 6.09. The van der Waals surface area contributed by atoms with E-state index in [0.717, 1.165) is 23.4 Å². The first-order valence-corrected chi connectivity index (χ1v) is 8.57. The Morgan fingerprint density at radius 2 is 1.92 bits per heavy atom. The summed E-state index contributed by atoms with van der Waals surface area (Å²) in [6, 6.07) is 9.67. The molecule has 1 aliphatic heterocycles. The molecule has 7 heteroatoms. The number of hydrogen-bond acceptors (Lipinski definition) is 3. The van der Waals surface area contributed by atoms with Crippen molar-refractivity contribution >= 4 is 23.3 Å². The number of carbonyl (C=O) groups is 1. The van der Waals surface area contributed by atoms with Gasteiger partial charge in [0, 0.05) is 16.6 Å². The van der Waals surface area contributed by atoms with E-state index in [0.29, 0.717) is 17.0 Å². The van der Waals surface area contributed by atoms with Gasteiger partial charge in [-0.25, -0.2) is 4.79 Å². The molecule has 26 heavy (non-hydrogen) atoms. The molecular formula is C19H17ClF3NO2. The number of rotatable bonds is 3. The van der Waals surface area contributed by atoms with Crippen LogP contribution in [0.3, 0.4) is 0 Å². The summed E-state index contributed by atoms with van der Waals surface area (Å²) in [5.41, 5.74) is 1.56. The number of carbonyl (C=O) groups excluding carboxylic acids is 1. The molecule has 0 bridgehead atoms. The Hall–Kier alpha value is -2.21. The second kappa shape index (κ2) is 7.19. The normalized spacial score (nSPS) is 19.4. The second-order valence-corrected chi connectivity index (χ2v) is 6.53. The number of ether oxygens (including phenoxy) is 1. The maximum absolute atomic E-state index is 12.8. The first-order chi connectivity index (χ1) is 12.3. The quantitative estimate of drug-likeness (QED) is 0.737. The van der Waals surface area contributed by atoms with Crippen LogP contribution in [0.2, 0.25) is 5.02 Å². The predicted octanol–water partition coefficient (Wildman–Crippen LogP) is 5.24. The lowest BCUT2D eigenvalue weighted by molar-refractivity contribution is -0.144. The van der Waals surface area contributed by atoms with Gasteiger partial charge in [0.2, 0.25) is 0 Å². The van der Waals surface area contributed by atoms with Crippen molar-refractivity contribution < 1.29 is 22.7 Å². The van der Waals surface area contributed by atoms with Crippen molar-refractivity contribution in [3.05, 3.63) is 64.2 Å². The molecular weight excluding hydrogens is 367 g/mol. The van der Waals surface area contributed by atoms with E-state index in [1.807, 2.05) is 0 Å². The van der Waals surface area contributed by atoms with Gasteiger partial charge < -0.3 is 10.1 Å². The molecule has 0 amide bonds. The van der Waals surface area contributed by atoms with Crippen LogP contribution in [0.15, 0.2) is 42.5 Å². The molecule has 0 fully saturated rings. The number of nitrogens with one attached hydrogen (secondary N) is 1. The molecule has 2 atom stereocenters. The first kappa shape index (κ1) is 18.6. The number of fused-ring (bicyclic) bond motifs is 1. The van der Waals surface area contributed by atoms with Crippen molar-refractivity contribution in [3.8, 4) is 0 Å². The maximum Gasteiger partial charge on any atom is 0.416 e. The molecule has 0 spiro atoms. The minimum Gasteiger partial charge on any atom is -0.464 e. The van der Waals surface area contributed by atoms with Crippen molar-refractivity contribution in [2.24, 2.45) is 0 Å². The van der Waals surface area contributed by atoms with Crippen LogP contribution in [-0.2, 0) is 15.7 Å². The van der Waals surface area contributed by atoms with Gasteiger partial charge in [0.25, 0.3) is 0 Å². The largest absolute Gasteiger partial charge is 0.464 e. The Bertz CT molecular complexity index is 805. The molecule has 1 N–H and O–H groups in total. The Kier molecular flexibility index (Phi) is 5.14. The third-order valence-electron chi connectivity index (χ3n) is 4.40. The number of halogens is 4. The number of benzene rings is 2. The highest BCUT2D eigenvalue weighted by molar-refractivity contribution is 6.30. The highest BCUT2D eigenvalue weighted by atomic mass is 35.5. The Labute approximate surface area is 154 Å². The van der Waals surface area contributed by atoms with E-state index in [-0.39, 0.29) is 18.5 Å². The lowest BCUT2D eigenvalue weighted by Crippen LogP contribution is -2.36. The van der Waals surface area contributed by atoms with E-state index in [2.05, 4.69) is 5.32 Å². The monoisotopic (exact) mass is 383 g/mol. The standard InChI is InChI=1S/C19H17ClF3NO2/c1-2-26-18(25)17-10-14(15-9-13(20)7-8-16(15)24-17)11-3-5-12(6-4-11)19(21,22)23/h3-9,14,17,24H,2,10H2,1H3. The van der Waals surface area contributed by atoms with Crippen LogP contribution in [0.5, 0.6) is 0 Å². The fourth-order valence-corrected chi connectivity index (χ4v) is 3.36. The summed E-state index contributed by atoms with van der Waals surface area (Å²) in [5.74, 6) is -0.647. The van der Waals surface area contributed by atoms with Crippen LogP contribution in [0.1, 0.15) is 36.0 Å². The van der Waals surface area contributed by atoms with Crippen molar-refractivity contribution in [2.45, 2.75) is 31.5 Å². The highest BCUT2D eigenvalue weighted by Gasteiger charge is 2.34. The molecule has 2 aromatic rings. The molecule has 0 aliphatic carbocycles. The first-order valence-electron chi connectivity index (χ1n) is 8.19. The molecule has 138 valence electrons. The molecule has 2 unspecified atom stereocenters. The molecule has 0 saturated carbocycles. The molecule has 3 nitrogen and oxygen atoms in total. The van der Waals surface area contributed by atoms with Gasteiger partial charge in [0.1, 0.15) is 6.04 Å². The highest BCUT2D eigenvalue weighted by Crippen LogP contribution is 2.41. The van der Waals surface area contributed by atoms with E-state index in [1.54, 1.807) is 25.1 Å². The summed E-state index contributed by atoms with van der Waals surface area (Å²) < 4.78 is 43.5. The molecule has 0 aromatic heterocycles. The van der Waals surface area contributed by atoms with Crippen LogP contribution < -0.4 is 5.32 Å². The van der Waals surface area contributed by atoms with Crippen molar-refractivity contribution in [2.75, 3.05) is 11.9 Å². The zero-order valence-electron chi connectivity index (χ0n) is 13.9. The molecule has 1 aliphatic rings. The van der Waals surface area contributed by atoms with E-state index in [1.165, 1.54) is 12.1 Å². The topological polar surface area (TPSA) is 38.3 Å². The zero-order valence-corrected chi connectivity index (χ0v) is 14.7. The minimum absolute atomic E-state index is 0.259. The van der Waals surface area contributed by atoms with E-state index >= 15 is 0 Å². The number of hydrogen-bond donors (Lipinski definition) is 1. The van der Waals surface area contributed by atoms with Crippen molar-refractivity contribution in [1.82, 2.24) is 0 Å². The Morgan fingerprint density at radius 1 is 1.23 bits per heavy atom. The van der Waals surface area contributed by atoms with Crippen LogP contribution in [0.4, 0.5) is 18.9 Å². The molecule has 0 radical (unpaired) electrons. The Morgan fingerprint density at radius 3 is 2.54 bits per heavy atom. The van der Waals surface area contributed by atoms with Gasteiger partial charge in [0.05, 0.1) is 12.2 Å². The van der Waals surface area contributed by atoms with Crippen molar-refractivity contribution in [1.29, 1.82) is 0 Å². The summed E-state index contributed by atoms with van der Waals surface area (Å²) in [7, 11) is 0. The van der Waals surface area contributed by atoms with Crippen LogP contribution in [-0.4, -0.2) is 18.6 Å². The van der Waals surface area contributed by atoms with Gasteiger partial charge >= 0.3 is 12.1 Å². The summed E-state index contributed by atoms with van der Waals surface area (Å²) in [4.78, 5) is 12.2. The van der Waals surface area contributed by atoms with Gasteiger partial charge in [0.15, 0.2) is 0 Å². The summed E-state index contributed by atoms with van der Waals surface area (Å²) in [6.07, 6.45) is -4.02. The average Bonchev–Trinajstić information content (AvgIpc) is 2.60. The van der Waals surface area contributed by atoms with E-state index < -0.39 is 17.8 Å². The number of alkyl halides is 3. The predicted molar refractivity (Wildman–Crippen MR) is 93.4 cm³/mol. The van der Waals surface area contributed by atoms with Crippen molar-refractivity contribution in [3.63, 3.8) is 0 Å².